The van der Waals surface area contributed by atoms with Crippen LogP contribution in [0, 0.1) is 0 Å². The van der Waals surface area contributed by atoms with E-state index in [0.29, 0.717) is 0 Å². The highest BCUT2D eigenvalue weighted by Gasteiger charge is 2.20. The zero-order valence-electron chi connectivity index (χ0n) is 18.4. The van der Waals surface area contributed by atoms with Crippen molar-refractivity contribution in [1.82, 2.24) is 20.5 Å². The third-order valence-electron chi connectivity index (χ3n) is 5.56. The minimum absolute atomic E-state index is 0.735. The molecule has 0 aromatic rings. The number of nitrogens with one attached hydrogen (secondary N) is 2. The molecule has 3 aliphatic rings. The Balaban J connectivity index is 1.66. The standard InChI is InChI=1S/C22H34N6O/c1-16-14-28(17(2)13-25-16)26-22(24-5)9-8-20(23-4)18(3)27-11-10-21-19(15-27)7-6-12-29-21/h10-11,13,23H,6-9,12,14-15H2,1-5H3,(H,24,26)/b20-18-. The molecule has 3 heterocycles. The largest absolute Gasteiger partial charge is 0.494 e. The summed E-state index contributed by atoms with van der Waals surface area (Å²) in [5, 5.41) is 13.5. The summed E-state index contributed by atoms with van der Waals surface area (Å²) in [5.41, 5.74) is 5.99. The number of aliphatic imine (C=N–C) groups is 1. The van der Waals surface area contributed by atoms with Crippen LogP contribution in [-0.4, -0.2) is 55.2 Å². The van der Waals surface area contributed by atoms with Gasteiger partial charge in [-0.1, -0.05) is 0 Å². The summed E-state index contributed by atoms with van der Waals surface area (Å²) in [6, 6.07) is 0. The van der Waals surface area contributed by atoms with Crippen LogP contribution < -0.4 is 10.6 Å². The molecule has 0 fully saturated rings. The van der Waals surface area contributed by atoms with Gasteiger partial charge in [0.2, 0.25) is 0 Å². The molecule has 7 nitrogen and oxygen atoms in total. The van der Waals surface area contributed by atoms with E-state index in [-0.39, 0.29) is 0 Å². The molecular weight excluding hydrogens is 364 g/mol. The fourth-order valence-corrected chi connectivity index (χ4v) is 3.70. The average Bonchev–Trinajstić information content (AvgIpc) is 2.75. The third kappa shape index (κ3) is 5.22. The van der Waals surface area contributed by atoms with E-state index in [4.69, 9.17) is 9.84 Å². The van der Waals surface area contributed by atoms with E-state index >= 15 is 0 Å². The first-order chi connectivity index (χ1) is 14.0. The molecule has 3 rings (SSSR count). The molecule has 0 aliphatic carbocycles. The van der Waals surface area contributed by atoms with Crippen molar-refractivity contribution in [3.05, 3.63) is 46.9 Å². The predicted octanol–water partition coefficient (Wildman–Crippen LogP) is 3.28. The molecule has 0 unspecified atom stereocenters. The Morgan fingerprint density at radius 2 is 2.03 bits per heavy atom. The fourth-order valence-electron chi connectivity index (χ4n) is 3.70. The van der Waals surface area contributed by atoms with Crippen molar-refractivity contribution in [2.45, 2.75) is 46.5 Å². The molecule has 0 saturated heterocycles. The van der Waals surface area contributed by atoms with Gasteiger partial charge in [0.25, 0.3) is 0 Å². The Bertz CT molecular complexity index is 802. The van der Waals surface area contributed by atoms with Crippen LogP contribution in [0.1, 0.15) is 46.5 Å². The number of hydrogen-bond donors (Lipinski definition) is 2. The summed E-state index contributed by atoms with van der Waals surface area (Å²) < 4.78 is 5.77. The predicted molar refractivity (Wildman–Crippen MR) is 119 cm³/mol. The lowest BCUT2D eigenvalue weighted by Crippen LogP contribution is -2.30. The first-order valence-electron chi connectivity index (χ1n) is 10.4. The molecule has 0 atom stereocenters. The molecule has 0 aromatic heterocycles. The topological polar surface area (TPSA) is 64.5 Å². The second kappa shape index (κ2) is 9.67. The van der Waals surface area contributed by atoms with Gasteiger partial charge in [0, 0.05) is 56.6 Å². The molecule has 29 heavy (non-hydrogen) atoms. The monoisotopic (exact) mass is 398 g/mol. The van der Waals surface area contributed by atoms with E-state index < -0.39 is 0 Å². The van der Waals surface area contributed by atoms with Crippen LogP contribution >= 0.6 is 0 Å². The molecule has 0 radical (unpaired) electrons. The van der Waals surface area contributed by atoms with Crippen molar-refractivity contribution in [2.24, 2.45) is 10.1 Å². The first kappa shape index (κ1) is 21.0. The molecule has 0 amide bonds. The van der Waals surface area contributed by atoms with Gasteiger partial charge in [-0.3, -0.25) is 10.0 Å². The van der Waals surface area contributed by atoms with Crippen LogP contribution in [0.4, 0.5) is 0 Å². The summed E-state index contributed by atoms with van der Waals surface area (Å²) in [6.45, 7) is 8.73. The summed E-state index contributed by atoms with van der Waals surface area (Å²) in [6.07, 6.45) is 10.1. The number of ether oxygens (including phenoxy) is 1. The molecule has 3 aliphatic heterocycles. The van der Waals surface area contributed by atoms with Crippen LogP contribution in [0.25, 0.3) is 0 Å². The van der Waals surface area contributed by atoms with Crippen LogP contribution in [0.2, 0.25) is 0 Å². The first-order valence-corrected chi connectivity index (χ1v) is 10.4. The van der Waals surface area contributed by atoms with Gasteiger partial charge in [0.1, 0.15) is 11.6 Å². The van der Waals surface area contributed by atoms with Gasteiger partial charge in [0.05, 0.1) is 18.8 Å². The SMILES string of the molecule is CN/C(CC/C(NC)=C(\C)N1C=CC2=C(CCCO2)C1)=N\N1CC(C)=NC=C1C. The minimum Gasteiger partial charge on any atom is -0.494 e. The zero-order valence-corrected chi connectivity index (χ0v) is 18.4. The van der Waals surface area contributed by atoms with E-state index in [1.165, 1.54) is 17.0 Å². The fraction of sp³-hybridized carbons (Fsp3) is 0.545. The lowest BCUT2D eigenvalue weighted by Gasteiger charge is -2.31. The number of hydrazone groups is 1. The van der Waals surface area contributed by atoms with Crippen molar-refractivity contribution in [3.63, 3.8) is 0 Å². The van der Waals surface area contributed by atoms with Crippen molar-refractivity contribution in [1.29, 1.82) is 0 Å². The molecule has 0 bridgehead atoms. The maximum atomic E-state index is 5.77. The highest BCUT2D eigenvalue weighted by molar-refractivity contribution is 5.86. The maximum Gasteiger partial charge on any atom is 0.122 e. The van der Waals surface area contributed by atoms with Gasteiger partial charge in [-0.25, -0.2) is 0 Å². The molecular formula is C22H34N6O. The molecule has 7 heteroatoms. The molecule has 0 spiro atoms. The number of amidine groups is 1. The van der Waals surface area contributed by atoms with Crippen molar-refractivity contribution < 1.29 is 4.74 Å². The van der Waals surface area contributed by atoms with E-state index in [1.54, 1.807) is 0 Å². The normalized spacial score (nSPS) is 20.5. The summed E-state index contributed by atoms with van der Waals surface area (Å²) >= 11 is 0. The molecule has 0 aromatic carbocycles. The number of allylic oxidation sites excluding steroid dienone is 4. The highest BCUT2D eigenvalue weighted by atomic mass is 16.5. The van der Waals surface area contributed by atoms with Gasteiger partial charge < -0.3 is 20.3 Å². The van der Waals surface area contributed by atoms with Crippen LogP contribution in [0.3, 0.4) is 0 Å². The van der Waals surface area contributed by atoms with Gasteiger partial charge in [0.15, 0.2) is 0 Å². The molecule has 158 valence electrons. The zero-order chi connectivity index (χ0) is 20.8. The van der Waals surface area contributed by atoms with Crippen LogP contribution in [0.15, 0.2) is 57.0 Å². The third-order valence-corrected chi connectivity index (χ3v) is 5.56. The summed E-state index contributed by atoms with van der Waals surface area (Å²) in [7, 11) is 3.93. The minimum atomic E-state index is 0.735. The Labute approximate surface area is 174 Å². The average molecular weight is 399 g/mol. The lowest BCUT2D eigenvalue weighted by atomic mass is 10.0. The van der Waals surface area contributed by atoms with Crippen molar-refractivity contribution in [2.75, 3.05) is 33.8 Å². The van der Waals surface area contributed by atoms with Gasteiger partial charge in [-0.05, 0) is 51.7 Å². The Kier molecular flexibility index (Phi) is 7.01. The number of hydrogen-bond acceptors (Lipinski definition) is 6. The summed E-state index contributed by atoms with van der Waals surface area (Å²) in [5.74, 6) is 2.03. The lowest BCUT2D eigenvalue weighted by molar-refractivity contribution is 0.191. The second-order valence-electron chi connectivity index (χ2n) is 7.67. The van der Waals surface area contributed by atoms with E-state index in [0.717, 1.165) is 68.4 Å². The van der Waals surface area contributed by atoms with Gasteiger partial charge >= 0.3 is 0 Å². The Hall–Kier alpha value is -2.70. The molecule has 2 N–H and O–H groups in total. The van der Waals surface area contributed by atoms with E-state index in [2.05, 4.69) is 39.7 Å². The number of rotatable bonds is 6. The van der Waals surface area contributed by atoms with Crippen molar-refractivity contribution >= 4 is 11.5 Å². The highest BCUT2D eigenvalue weighted by Crippen LogP contribution is 2.27. The second-order valence-corrected chi connectivity index (χ2v) is 7.67. The van der Waals surface area contributed by atoms with E-state index in [9.17, 15) is 0 Å². The maximum absolute atomic E-state index is 5.77. The quantitative estimate of drug-likeness (QED) is 0.531. The Morgan fingerprint density at radius 1 is 1.21 bits per heavy atom. The van der Waals surface area contributed by atoms with Gasteiger partial charge in [-0.15, -0.1) is 0 Å². The Morgan fingerprint density at radius 3 is 2.79 bits per heavy atom. The number of nitrogens with zero attached hydrogens (tertiary/aromatic N) is 4. The van der Waals surface area contributed by atoms with Gasteiger partial charge in [-0.2, -0.15) is 5.10 Å². The smallest absolute Gasteiger partial charge is 0.122 e. The van der Waals surface area contributed by atoms with E-state index in [1.807, 2.05) is 39.2 Å². The molecule has 0 saturated carbocycles. The van der Waals surface area contributed by atoms with Crippen molar-refractivity contribution in [3.8, 4) is 0 Å². The summed E-state index contributed by atoms with van der Waals surface area (Å²) in [4.78, 5) is 6.68. The van der Waals surface area contributed by atoms with Crippen LogP contribution in [0.5, 0.6) is 0 Å². The van der Waals surface area contributed by atoms with Crippen LogP contribution in [-0.2, 0) is 4.74 Å².